The van der Waals surface area contributed by atoms with Crippen molar-refractivity contribution in [3.8, 4) is 0 Å². The fourth-order valence-corrected chi connectivity index (χ4v) is 3.30. The van der Waals surface area contributed by atoms with Gasteiger partial charge in [0.25, 0.3) is 5.91 Å². The van der Waals surface area contributed by atoms with Crippen LogP contribution in [0.5, 0.6) is 0 Å². The van der Waals surface area contributed by atoms with Crippen LogP contribution in [0.3, 0.4) is 0 Å². The van der Waals surface area contributed by atoms with Gasteiger partial charge in [-0.2, -0.15) is 0 Å². The van der Waals surface area contributed by atoms with Gasteiger partial charge in [0.1, 0.15) is 11.6 Å². The van der Waals surface area contributed by atoms with Crippen LogP contribution in [0.4, 0.5) is 8.78 Å². The van der Waals surface area contributed by atoms with Gasteiger partial charge in [0, 0.05) is 29.5 Å². The molecule has 0 unspecified atom stereocenters. The van der Waals surface area contributed by atoms with Crippen molar-refractivity contribution in [3.63, 3.8) is 0 Å². The molecule has 4 rings (SSSR count). The molecule has 1 N–H and O–H groups in total. The average molecular weight is 389 g/mol. The predicted molar refractivity (Wildman–Crippen MR) is 106 cm³/mol. The molecule has 0 fully saturated rings. The predicted octanol–water partition coefficient (Wildman–Crippen LogP) is 4.74. The number of hydrogen-bond acceptors (Lipinski definition) is 3. The number of aromatic nitrogens is 2. The number of carbonyl (C=O) groups excluding carboxylic acids is 1. The Bertz CT molecular complexity index is 1170. The second-order valence-electron chi connectivity index (χ2n) is 6.71. The average Bonchev–Trinajstić information content (AvgIpc) is 2.72. The molecule has 2 aromatic heterocycles. The number of carbonyl (C=O) groups is 1. The number of rotatable bonds is 4. The molecule has 0 aliphatic rings. The summed E-state index contributed by atoms with van der Waals surface area (Å²) in [5.74, 6) is -1.10. The molecular formula is C23H17F2N3O. The van der Waals surface area contributed by atoms with Crippen LogP contribution < -0.4 is 5.32 Å². The van der Waals surface area contributed by atoms with Gasteiger partial charge in [0.2, 0.25) is 0 Å². The molecule has 0 saturated carbocycles. The van der Waals surface area contributed by atoms with E-state index in [-0.39, 0.29) is 11.7 Å². The topological polar surface area (TPSA) is 54.9 Å². The van der Waals surface area contributed by atoms with E-state index in [0.29, 0.717) is 22.2 Å². The number of pyridine rings is 2. The van der Waals surface area contributed by atoms with Crippen molar-refractivity contribution in [2.75, 3.05) is 0 Å². The van der Waals surface area contributed by atoms with E-state index in [9.17, 15) is 13.6 Å². The summed E-state index contributed by atoms with van der Waals surface area (Å²) in [7, 11) is 0. The van der Waals surface area contributed by atoms with Crippen LogP contribution in [-0.4, -0.2) is 15.9 Å². The fraction of sp³-hybridized carbons (Fsp3) is 0.0870. The molecule has 6 heteroatoms. The van der Waals surface area contributed by atoms with E-state index in [4.69, 9.17) is 0 Å². The van der Waals surface area contributed by atoms with E-state index in [1.807, 2.05) is 0 Å². The quantitative estimate of drug-likeness (QED) is 0.549. The fourth-order valence-electron chi connectivity index (χ4n) is 3.30. The maximum Gasteiger partial charge on any atom is 0.252 e. The van der Waals surface area contributed by atoms with Gasteiger partial charge in [-0.15, -0.1) is 0 Å². The number of nitrogens with zero attached hydrogens (tertiary/aromatic N) is 2. The van der Waals surface area contributed by atoms with Crippen molar-refractivity contribution in [1.82, 2.24) is 15.3 Å². The van der Waals surface area contributed by atoms with Crippen molar-refractivity contribution < 1.29 is 13.6 Å². The molecule has 1 atom stereocenters. The van der Waals surface area contributed by atoms with Gasteiger partial charge < -0.3 is 5.32 Å². The lowest BCUT2D eigenvalue weighted by Gasteiger charge is -2.20. The molecule has 0 aliphatic carbocycles. The van der Waals surface area contributed by atoms with Crippen molar-refractivity contribution in [3.05, 3.63) is 107 Å². The van der Waals surface area contributed by atoms with E-state index >= 15 is 0 Å². The van der Waals surface area contributed by atoms with Crippen LogP contribution in [-0.2, 0) is 0 Å². The third-order valence-electron chi connectivity index (χ3n) is 4.66. The van der Waals surface area contributed by atoms with E-state index < -0.39 is 11.9 Å². The molecular weight excluding hydrogens is 372 g/mol. The maximum atomic E-state index is 13.6. The summed E-state index contributed by atoms with van der Waals surface area (Å²) in [6.45, 7) is 1.75. The van der Waals surface area contributed by atoms with E-state index in [1.54, 1.807) is 55.7 Å². The van der Waals surface area contributed by atoms with Gasteiger partial charge in [-0.25, -0.2) is 8.78 Å². The Kier molecular flexibility index (Phi) is 4.99. The zero-order chi connectivity index (χ0) is 20.4. The van der Waals surface area contributed by atoms with E-state index in [2.05, 4.69) is 15.3 Å². The summed E-state index contributed by atoms with van der Waals surface area (Å²) in [4.78, 5) is 21.5. The molecule has 2 aromatic carbocycles. The Labute approximate surface area is 166 Å². The maximum absolute atomic E-state index is 13.6. The first-order chi connectivity index (χ1) is 14.0. The highest BCUT2D eigenvalue weighted by molar-refractivity contribution is 6.06. The molecule has 0 spiro atoms. The Morgan fingerprint density at radius 3 is 2.28 bits per heavy atom. The van der Waals surface area contributed by atoms with Crippen LogP contribution in [0.25, 0.3) is 10.9 Å². The third kappa shape index (κ3) is 3.96. The SMILES string of the molecule is Cc1cc(C(=O)N[C@@H](c2ccncc2)c2ccc(F)cc2)c2ccc(F)cc2n1. The molecule has 4 nitrogen and oxygen atoms in total. The van der Waals surface area contributed by atoms with Gasteiger partial charge in [-0.05, 0) is 60.5 Å². The molecule has 1 amide bonds. The zero-order valence-corrected chi connectivity index (χ0v) is 15.6. The van der Waals surface area contributed by atoms with Crippen LogP contribution >= 0.6 is 0 Å². The van der Waals surface area contributed by atoms with Gasteiger partial charge in [0.05, 0.1) is 17.1 Å². The van der Waals surface area contributed by atoms with Crippen LogP contribution in [0.2, 0.25) is 0 Å². The number of amides is 1. The molecule has 2 heterocycles. The van der Waals surface area contributed by atoms with Crippen LogP contribution in [0.15, 0.2) is 73.1 Å². The van der Waals surface area contributed by atoms with Crippen molar-refractivity contribution in [2.45, 2.75) is 13.0 Å². The van der Waals surface area contributed by atoms with Gasteiger partial charge in [0.15, 0.2) is 0 Å². The minimum Gasteiger partial charge on any atom is -0.341 e. The summed E-state index contributed by atoms with van der Waals surface area (Å²) >= 11 is 0. The Hall–Kier alpha value is -3.67. The first kappa shape index (κ1) is 18.7. The highest BCUT2D eigenvalue weighted by Crippen LogP contribution is 2.25. The minimum atomic E-state index is -0.505. The second-order valence-corrected chi connectivity index (χ2v) is 6.71. The normalized spacial score (nSPS) is 12.0. The van der Waals surface area contributed by atoms with Crippen molar-refractivity contribution in [2.24, 2.45) is 0 Å². The molecule has 4 aromatic rings. The lowest BCUT2D eigenvalue weighted by atomic mass is 9.98. The zero-order valence-electron chi connectivity index (χ0n) is 15.6. The number of fused-ring (bicyclic) bond motifs is 1. The molecule has 144 valence electrons. The number of aryl methyl sites for hydroxylation is 1. The smallest absolute Gasteiger partial charge is 0.252 e. The van der Waals surface area contributed by atoms with Gasteiger partial charge in [-0.1, -0.05) is 12.1 Å². The van der Waals surface area contributed by atoms with Crippen molar-refractivity contribution in [1.29, 1.82) is 0 Å². The molecule has 29 heavy (non-hydrogen) atoms. The number of hydrogen-bond donors (Lipinski definition) is 1. The summed E-state index contributed by atoms with van der Waals surface area (Å²) in [6, 6.07) is 14.9. The monoisotopic (exact) mass is 389 g/mol. The number of halogens is 2. The first-order valence-corrected chi connectivity index (χ1v) is 9.04. The molecule has 0 saturated heterocycles. The lowest BCUT2D eigenvalue weighted by Crippen LogP contribution is -2.29. The lowest BCUT2D eigenvalue weighted by molar-refractivity contribution is 0.0944. The Morgan fingerprint density at radius 2 is 1.55 bits per heavy atom. The van der Waals surface area contributed by atoms with Gasteiger partial charge >= 0.3 is 0 Å². The standard InChI is InChI=1S/C23H17F2N3O/c1-14-12-20(19-7-6-18(25)13-21(19)27-14)23(29)28-22(16-8-10-26-11-9-16)15-2-4-17(24)5-3-15/h2-13,22H,1H3,(H,28,29)/t22-/m1/s1. The Morgan fingerprint density at radius 1 is 0.897 bits per heavy atom. The third-order valence-corrected chi connectivity index (χ3v) is 4.66. The summed E-state index contributed by atoms with van der Waals surface area (Å²) in [6.07, 6.45) is 3.26. The van der Waals surface area contributed by atoms with Crippen molar-refractivity contribution >= 4 is 16.8 Å². The van der Waals surface area contributed by atoms with Gasteiger partial charge in [-0.3, -0.25) is 14.8 Å². The minimum absolute atomic E-state index is 0.335. The molecule has 0 bridgehead atoms. The first-order valence-electron chi connectivity index (χ1n) is 9.04. The summed E-state index contributed by atoms with van der Waals surface area (Å²) in [5, 5.41) is 3.57. The van der Waals surface area contributed by atoms with E-state index in [0.717, 1.165) is 11.1 Å². The summed E-state index contributed by atoms with van der Waals surface area (Å²) in [5.41, 5.74) is 2.95. The largest absolute Gasteiger partial charge is 0.341 e. The highest BCUT2D eigenvalue weighted by atomic mass is 19.1. The highest BCUT2D eigenvalue weighted by Gasteiger charge is 2.20. The molecule has 0 aliphatic heterocycles. The molecule has 0 radical (unpaired) electrons. The van der Waals surface area contributed by atoms with Crippen LogP contribution in [0, 0.1) is 18.6 Å². The number of nitrogens with one attached hydrogen (secondary N) is 1. The number of benzene rings is 2. The van der Waals surface area contributed by atoms with Crippen LogP contribution in [0.1, 0.15) is 33.2 Å². The Balaban J connectivity index is 1.76. The second kappa shape index (κ2) is 7.75. The summed E-state index contributed by atoms with van der Waals surface area (Å²) < 4.78 is 27.0. The van der Waals surface area contributed by atoms with E-state index in [1.165, 1.54) is 24.3 Å².